The van der Waals surface area contributed by atoms with Crippen LogP contribution in [-0.2, 0) is 32.9 Å². The standard InChI is InChI=1S/C29H55O9PS/c1-3-4-5-6-7-8-9-13-16-19-22-29(32)38-27(25-37-39(33,34)35)24-36-28(31)21-18-15-12-10-11-14-17-20-23-40-26(2)30/h27H,3-25H2,1-2H3,(H2,33,34,35)/t27-/m0/s1. The van der Waals surface area contributed by atoms with E-state index >= 15 is 0 Å². The Morgan fingerprint density at radius 1 is 0.675 bits per heavy atom. The molecule has 0 amide bonds. The lowest BCUT2D eigenvalue weighted by Gasteiger charge is -2.18. The van der Waals surface area contributed by atoms with E-state index in [-0.39, 0.29) is 24.6 Å². The highest BCUT2D eigenvalue weighted by Gasteiger charge is 2.22. The van der Waals surface area contributed by atoms with Gasteiger partial charge in [0, 0.05) is 25.5 Å². The van der Waals surface area contributed by atoms with Crippen molar-refractivity contribution in [3.05, 3.63) is 0 Å². The molecule has 0 aliphatic rings. The van der Waals surface area contributed by atoms with Gasteiger partial charge in [0.25, 0.3) is 0 Å². The number of carbonyl (C=O) groups excluding carboxylic acids is 3. The molecule has 0 unspecified atom stereocenters. The Morgan fingerprint density at radius 2 is 1.12 bits per heavy atom. The van der Waals surface area contributed by atoms with Gasteiger partial charge in [-0.15, -0.1) is 0 Å². The molecular weight excluding hydrogens is 555 g/mol. The third-order valence-electron chi connectivity index (χ3n) is 6.47. The summed E-state index contributed by atoms with van der Waals surface area (Å²) in [6, 6.07) is 0. The molecule has 0 saturated heterocycles. The van der Waals surface area contributed by atoms with E-state index in [4.69, 9.17) is 19.3 Å². The molecule has 0 aliphatic carbocycles. The number of ether oxygens (including phenoxy) is 2. The minimum absolute atomic E-state index is 0.170. The Morgan fingerprint density at radius 3 is 1.60 bits per heavy atom. The number of hydrogen-bond donors (Lipinski definition) is 2. The van der Waals surface area contributed by atoms with Gasteiger partial charge in [0.2, 0.25) is 0 Å². The maximum absolute atomic E-state index is 12.2. The molecule has 0 bridgehead atoms. The fourth-order valence-corrected chi connectivity index (χ4v) is 5.20. The van der Waals surface area contributed by atoms with E-state index < -0.39 is 32.5 Å². The van der Waals surface area contributed by atoms with Gasteiger partial charge in [-0.3, -0.25) is 18.9 Å². The van der Waals surface area contributed by atoms with Gasteiger partial charge in [0.1, 0.15) is 6.61 Å². The van der Waals surface area contributed by atoms with E-state index in [9.17, 15) is 18.9 Å². The molecule has 0 spiro atoms. The fourth-order valence-electron chi connectivity index (χ4n) is 4.20. The lowest BCUT2D eigenvalue weighted by Crippen LogP contribution is -2.29. The molecule has 0 aromatic rings. The van der Waals surface area contributed by atoms with Crippen molar-refractivity contribution in [1.82, 2.24) is 0 Å². The molecule has 236 valence electrons. The van der Waals surface area contributed by atoms with Crippen molar-refractivity contribution in [2.75, 3.05) is 19.0 Å². The highest BCUT2D eigenvalue weighted by atomic mass is 32.2. The van der Waals surface area contributed by atoms with Crippen LogP contribution in [-0.4, -0.2) is 51.9 Å². The molecule has 9 nitrogen and oxygen atoms in total. The minimum Gasteiger partial charge on any atom is -0.462 e. The number of unbranched alkanes of at least 4 members (excludes halogenated alkanes) is 16. The summed E-state index contributed by atoms with van der Waals surface area (Å²) in [6.07, 6.45) is 19.0. The van der Waals surface area contributed by atoms with Crippen LogP contribution in [0.1, 0.15) is 142 Å². The van der Waals surface area contributed by atoms with Crippen LogP contribution in [0.4, 0.5) is 0 Å². The van der Waals surface area contributed by atoms with Crippen LogP contribution in [0.5, 0.6) is 0 Å². The number of rotatable bonds is 28. The number of carbonyl (C=O) groups is 3. The molecule has 11 heteroatoms. The molecule has 0 radical (unpaired) electrons. The summed E-state index contributed by atoms with van der Waals surface area (Å²) >= 11 is 1.38. The lowest BCUT2D eigenvalue weighted by atomic mass is 10.1. The van der Waals surface area contributed by atoms with Crippen molar-refractivity contribution >= 4 is 36.6 Å². The second-order valence-electron chi connectivity index (χ2n) is 10.4. The first-order chi connectivity index (χ1) is 19.1. The van der Waals surface area contributed by atoms with Gasteiger partial charge in [-0.25, -0.2) is 4.57 Å². The Bertz CT molecular complexity index is 699. The smallest absolute Gasteiger partial charge is 0.462 e. The molecular formula is C29H55O9PS. The fraction of sp³-hybridized carbons (Fsp3) is 0.897. The second-order valence-corrected chi connectivity index (χ2v) is 12.9. The third-order valence-corrected chi connectivity index (χ3v) is 7.86. The highest BCUT2D eigenvalue weighted by molar-refractivity contribution is 8.13. The average molecular weight is 611 g/mol. The summed E-state index contributed by atoms with van der Waals surface area (Å²) in [6.45, 7) is 2.95. The van der Waals surface area contributed by atoms with Crippen molar-refractivity contribution in [1.29, 1.82) is 0 Å². The first-order valence-corrected chi connectivity index (χ1v) is 17.8. The molecule has 0 aliphatic heterocycles. The molecule has 0 heterocycles. The summed E-state index contributed by atoms with van der Waals surface area (Å²) in [7, 11) is -4.75. The van der Waals surface area contributed by atoms with Crippen LogP contribution < -0.4 is 0 Å². The van der Waals surface area contributed by atoms with Crippen molar-refractivity contribution in [3.63, 3.8) is 0 Å². The first-order valence-electron chi connectivity index (χ1n) is 15.3. The molecule has 0 aromatic carbocycles. The average Bonchev–Trinajstić information content (AvgIpc) is 2.89. The van der Waals surface area contributed by atoms with Crippen molar-refractivity contribution in [2.24, 2.45) is 0 Å². The molecule has 0 rings (SSSR count). The maximum atomic E-state index is 12.2. The Balaban J connectivity index is 4.02. The van der Waals surface area contributed by atoms with Crippen molar-refractivity contribution in [2.45, 2.75) is 148 Å². The van der Waals surface area contributed by atoms with E-state index in [1.54, 1.807) is 6.92 Å². The van der Waals surface area contributed by atoms with E-state index in [1.807, 2.05) is 0 Å². The van der Waals surface area contributed by atoms with Gasteiger partial charge in [0.05, 0.1) is 6.61 Å². The van der Waals surface area contributed by atoms with Gasteiger partial charge < -0.3 is 19.3 Å². The zero-order valence-electron chi connectivity index (χ0n) is 24.9. The maximum Gasteiger partial charge on any atom is 0.469 e. The van der Waals surface area contributed by atoms with Gasteiger partial charge in [-0.1, -0.05) is 115 Å². The zero-order chi connectivity index (χ0) is 29.9. The van der Waals surface area contributed by atoms with Crippen LogP contribution in [0.2, 0.25) is 0 Å². The number of hydrogen-bond acceptors (Lipinski definition) is 8. The SMILES string of the molecule is CCCCCCCCCCCCC(=O)O[C@@H](COC(=O)CCCCCCCCCCSC(C)=O)COP(=O)(O)O. The quantitative estimate of drug-likeness (QED) is 0.0516. The zero-order valence-corrected chi connectivity index (χ0v) is 26.7. The normalized spacial score (nSPS) is 12.3. The Hall–Kier alpha value is -0.930. The van der Waals surface area contributed by atoms with Gasteiger partial charge >= 0.3 is 19.8 Å². The van der Waals surface area contributed by atoms with Crippen LogP contribution in [0, 0.1) is 0 Å². The minimum atomic E-state index is -4.75. The lowest BCUT2D eigenvalue weighted by molar-refractivity contribution is -0.161. The van der Waals surface area contributed by atoms with Crippen molar-refractivity contribution in [3.8, 4) is 0 Å². The Labute approximate surface area is 246 Å². The highest BCUT2D eigenvalue weighted by Crippen LogP contribution is 2.35. The number of phosphoric ester groups is 1. The summed E-state index contributed by atoms with van der Waals surface area (Å²) in [5.41, 5.74) is 0. The summed E-state index contributed by atoms with van der Waals surface area (Å²) in [4.78, 5) is 53.2. The third kappa shape index (κ3) is 30.0. The predicted octanol–water partition coefficient (Wildman–Crippen LogP) is 7.65. The van der Waals surface area contributed by atoms with Crippen LogP contribution in [0.25, 0.3) is 0 Å². The van der Waals surface area contributed by atoms with Gasteiger partial charge in [-0.05, 0) is 19.3 Å². The molecule has 1 atom stereocenters. The van der Waals surface area contributed by atoms with Crippen LogP contribution in [0.3, 0.4) is 0 Å². The first kappa shape index (κ1) is 39.1. The molecule has 0 saturated carbocycles. The van der Waals surface area contributed by atoms with E-state index in [0.29, 0.717) is 12.8 Å². The second kappa shape index (κ2) is 26.9. The van der Waals surface area contributed by atoms with E-state index in [2.05, 4.69) is 11.4 Å². The number of esters is 2. The molecule has 40 heavy (non-hydrogen) atoms. The molecule has 0 aromatic heterocycles. The van der Waals surface area contributed by atoms with E-state index in [0.717, 1.165) is 70.0 Å². The molecule has 2 N–H and O–H groups in total. The number of phosphoric acid groups is 1. The summed E-state index contributed by atoms with van der Waals surface area (Å²) < 4.78 is 26.1. The predicted molar refractivity (Wildman–Crippen MR) is 160 cm³/mol. The van der Waals surface area contributed by atoms with Crippen LogP contribution in [0.15, 0.2) is 0 Å². The van der Waals surface area contributed by atoms with Crippen molar-refractivity contribution < 1.29 is 42.7 Å². The largest absolute Gasteiger partial charge is 0.469 e. The van der Waals surface area contributed by atoms with Gasteiger partial charge in [-0.2, -0.15) is 0 Å². The van der Waals surface area contributed by atoms with Gasteiger partial charge in [0.15, 0.2) is 11.2 Å². The molecule has 0 fully saturated rings. The summed E-state index contributed by atoms with van der Waals surface area (Å²) in [5, 5.41) is 0.170. The number of thioether (sulfide) groups is 1. The summed E-state index contributed by atoms with van der Waals surface area (Å²) in [5.74, 6) is -0.0371. The van der Waals surface area contributed by atoms with E-state index in [1.165, 1.54) is 50.3 Å². The van der Waals surface area contributed by atoms with Crippen LogP contribution >= 0.6 is 19.6 Å². The monoisotopic (exact) mass is 610 g/mol. The Kier molecular flexibility index (Phi) is 26.3. The topological polar surface area (TPSA) is 136 Å².